The number of benzene rings is 1. The van der Waals surface area contributed by atoms with Crippen molar-refractivity contribution in [2.24, 2.45) is 23.2 Å². The number of phenols is 1. The molecule has 6 atom stereocenters. The lowest BCUT2D eigenvalue weighted by molar-refractivity contribution is -0.164. The van der Waals surface area contributed by atoms with Gasteiger partial charge < -0.3 is 14.7 Å². The number of phenolic OH excluding ortho intramolecular Hbond substituents is 1. The van der Waals surface area contributed by atoms with Crippen LogP contribution in [0.4, 0.5) is 0 Å². The van der Waals surface area contributed by atoms with E-state index in [9.17, 15) is 14.7 Å². The Hall–Kier alpha value is -2.04. The lowest BCUT2D eigenvalue weighted by Gasteiger charge is -2.55. The van der Waals surface area contributed by atoms with E-state index < -0.39 is 0 Å². The van der Waals surface area contributed by atoms with Gasteiger partial charge in [-0.15, -0.1) is 0 Å². The maximum atomic E-state index is 12.3. The predicted molar refractivity (Wildman–Crippen MR) is 168 cm³/mol. The second-order valence-corrected chi connectivity index (χ2v) is 14.6. The third-order valence-corrected chi connectivity index (χ3v) is 12.2. The zero-order valence-electron chi connectivity index (χ0n) is 26.8. The van der Waals surface area contributed by atoms with Gasteiger partial charge in [0, 0.05) is 31.8 Å². The van der Waals surface area contributed by atoms with E-state index in [1.54, 1.807) is 0 Å². The Morgan fingerprint density at radius 2 is 1.74 bits per heavy atom. The standard InChI is InChI=1S/C37H57NO4/c1-4-5-24-38(3)33(40)15-13-11-9-7-6-8-10-12-14-27-25-28-26-29(39)16-17-30(28)31-18-21-36(2)32(35(27)31)19-22-37(36)23-20-34(41)42-37/h16-17,26-27,31-32,35,39H,4-15,18-25H2,1-3H3/t27-,31-,32+,35-,36+,37-/m1/s1. The van der Waals surface area contributed by atoms with E-state index in [0.717, 1.165) is 51.5 Å². The van der Waals surface area contributed by atoms with E-state index in [1.165, 1.54) is 75.3 Å². The monoisotopic (exact) mass is 579 g/mol. The molecule has 3 fully saturated rings. The lowest BCUT2D eigenvalue weighted by Crippen LogP contribution is -2.52. The molecule has 3 aliphatic carbocycles. The van der Waals surface area contributed by atoms with Crippen molar-refractivity contribution in [2.45, 2.75) is 147 Å². The molecular weight excluding hydrogens is 522 g/mol. The van der Waals surface area contributed by atoms with Gasteiger partial charge in [-0.3, -0.25) is 9.59 Å². The molecule has 1 heterocycles. The number of carbonyl (C=O) groups excluding carboxylic acids is 2. The van der Waals surface area contributed by atoms with Gasteiger partial charge in [-0.05, 0) is 105 Å². The summed E-state index contributed by atoms with van der Waals surface area (Å²) < 4.78 is 6.19. The first-order valence-corrected chi connectivity index (χ1v) is 17.6. The average Bonchev–Trinajstić information content (AvgIpc) is 3.50. The van der Waals surface area contributed by atoms with Crippen molar-refractivity contribution >= 4 is 11.9 Å². The summed E-state index contributed by atoms with van der Waals surface area (Å²) in [6, 6.07) is 6.14. The summed E-state index contributed by atoms with van der Waals surface area (Å²) in [5, 5.41) is 10.3. The summed E-state index contributed by atoms with van der Waals surface area (Å²) >= 11 is 0. The van der Waals surface area contributed by atoms with E-state index in [2.05, 4.69) is 19.9 Å². The molecule has 1 saturated heterocycles. The van der Waals surface area contributed by atoms with Gasteiger partial charge in [0.1, 0.15) is 11.4 Å². The van der Waals surface area contributed by atoms with Crippen LogP contribution in [0.15, 0.2) is 18.2 Å². The van der Waals surface area contributed by atoms with Crippen LogP contribution in [0.25, 0.3) is 0 Å². The molecule has 1 aromatic carbocycles. The fraction of sp³-hybridized carbons (Fsp3) is 0.784. The highest BCUT2D eigenvalue weighted by Gasteiger charge is 2.66. The van der Waals surface area contributed by atoms with Crippen molar-refractivity contribution in [3.8, 4) is 5.75 Å². The molecule has 4 aliphatic rings. The molecule has 0 unspecified atom stereocenters. The van der Waals surface area contributed by atoms with Gasteiger partial charge in [-0.1, -0.05) is 71.3 Å². The normalized spacial score (nSPS) is 31.5. The Bertz CT molecular complexity index is 1090. The molecule has 5 rings (SSSR count). The second-order valence-electron chi connectivity index (χ2n) is 14.6. The summed E-state index contributed by atoms with van der Waals surface area (Å²) in [6.45, 7) is 5.52. The first kappa shape index (κ1) is 31.4. The van der Waals surface area contributed by atoms with E-state index in [-0.39, 0.29) is 17.0 Å². The molecule has 1 aromatic rings. The van der Waals surface area contributed by atoms with Crippen LogP contribution in [-0.2, 0) is 20.7 Å². The first-order valence-electron chi connectivity index (χ1n) is 17.6. The molecule has 0 radical (unpaired) electrons. The van der Waals surface area contributed by atoms with Crippen molar-refractivity contribution in [1.29, 1.82) is 0 Å². The highest BCUT2D eigenvalue weighted by molar-refractivity contribution is 5.75. The Morgan fingerprint density at radius 1 is 1.00 bits per heavy atom. The molecule has 5 heteroatoms. The van der Waals surface area contributed by atoms with Gasteiger partial charge in [0.25, 0.3) is 0 Å². The van der Waals surface area contributed by atoms with Gasteiger partial charge in [0.05, 0.1) is 0 Å². The van der Waals surface area contributed by atoms with Crippen LogP contribution in [0.3, 0.4) is 0 Å². The number of rotatable bonds is 14. The average molecular weight is 580 g/mol. The Labute approximate surface area is 255 Å². The SMILES string of the molecule is CCCCN(C)C(=O)CCCCCCCCCC[C@@H]1Cc2cc(O)ccc2[C@H]2CC[C@@]3(C)[C@@H](CC[C@@]34CCC(=O)O4)[C@H]12. The summed E-state index contributed by atoms with van der Waals surface area (Å²) in [5.41, 5.74) is 2.73. The minimum Gasteiger partial charge on any atom is -0.508 e. The number of fused-ring (bicyclic) bond motifs is 6. The molecular formula is C37H57NO4. The lowest BCUT2D eigenvalue weighted by atomic mass is 9.50. The van der Waals surface area contributed by atoms with Crippen LogP contribution < -0.4 is 0 Å². The number of amides is 1. The van der Waals surface area contributed by atoms with Crippen LogP contribution in [0, 0.1) is 23.2 Å². The third kappa shape index (κ3) is 6.41. The number of unbranched alkanes of at least 4 members (excludes halogenated alkanes) is 8. The smallest absolute Gasteiger partial charge is 0.306 e. The molecule has 234 valence electrons. The van der Waals surface area contributed by atoms with Gasteiger partial charge in [0.15, 0.2) is 0 Å². The second kappa shape index (κ2) is 13.7. The minimum atomic E-state index is -0.224. The van der Waals surface area contributed by atoms with Crippen LogP contribution in [-0.4, -0.2) is 41.1 Å². The summed E-state index contributed by atoms with van der Waals surface area (Å²) in [7, 11) is 1.94. The van der Waals surface area contributed by atoms with E-state index in [4.69, 9.17) is 4.74 Å². The maximum Gasteiger partial charge on any atom is 0.306 e. The molecule has 5 nitrogen and oxygen atoms in total. The summed E-state index contributed by atoms with van der Waals surface area (Å²) in [6.07, 6.45) is 21.2. The molecule has 1 N–H and O–H groups in total. The number of aromatic hydroxyl groups is 1. The highest BCUT2D eigenvalue weighted by Crippen LogP contribution is 2.68. The maximum absolute atomic E-state index is 12.3. The molecule has 0 bridgehead atoms. The Kier molecular flexibility index (Phi) is 10.3. The van der Waals surface area contributed by atoms with Crippen LogP contribution in [0.1, 0.15) is 146 Å². The van der Waals surface area contributed by atoms with Crippen LogP contribution in [0.5, 0.6) is 5.75 Å². The fourth-order valence-corrected chi connectivity index (χ4v) is 9.81. The Morgan fingerprint density at radius 3 is 2.45 bits per heavy atom. The van der Waals surface area contributed by atoms with E-state index in [1.807, 2.05) is 24.1 Å². The number of ether oxygens (including phenoxy) is 1. The molecule has 1 spiro atoms. The number of esters is 1. The van der Waals surface area contributed by atoms with E-state index >= 15 is 0 Å². The largest absolute Gasteiger partial charge is 0.508 e. The van der Waals surface area contributed by atoms with Gasteiger partial charge in [0.2, 0.25) is 5.91 Å². The zero-order chi connectivity index (χ0) is 29.7. The molecule has 42 heavy (non-hydrogen) atoms. The third-order valence-electron chi connectivity index (χ3n) is 12.2. The topological polar surface area (TPSA) is 66.8 Å². The van der Waals surface area contributed by atoms with Gasteiger partial charge >= 0.3 is 5.97 Å². The van der Waals surface area contributed by atoms with Crippen LogP contribution in [0.2, 0.25) is 0 Å². The van der Waals surface area contributed by atoms with Crippen LogP contribution >= 0.6 is 0 Å². The molecule has 2 saturated carbocycles. The van der Waals surface area contributed by atoms with Crippen molar-refractivity contribution in [1.82, 2.24) is 4.90 Å². The number of hydrogen-bond donors (Lipinski definition) is 1. The number of carbonyl (C=O) groups is 2. The quantitative estimate of drug-likeness (QED) is 0.177. The minimum absolute atomic E-state index is 0.0171. The van der Waals surface area contributed by atoms with Crippen molar-refractivity contribution < 1.29 is 19.4 Å². The Balaban J connectivity index is 1.10. The molecule has 1 aliphatic heterocycles. The van der Waals surface area contributed by atoms with Crippen molar-refractivity contribution in [3.63, 3.8) is 0 Å². The highest BCUT2D eigenvalue weighted by atomic mass is 16.6. The van der Waals surface area contributed by atoms with Gasteiger partial charge in [-0.2, -0.15) is 0 Å². The van der Waals surface area contributed by atoms with Crippen molar-refractivity contribution in [3.05, 3.63) is 29.3 Å². The molecule has 1 amide bonds. The number of hydrogen-bond acceptors (Lipinski definition) is 4. The van der Waals surface area contributed by atoms with Gasteiger partial charge in [-0.25, -0.2) is 0 Å². The zero-order valence-corrected chi connectivity index (χ0v) is 26.8. The predicted octanol–water partition coefficient (Wildman–Crippen LogP) is 8.71. The summed E-state index contributed by atoms with van der Waals surface area (Å²) in [4.78, 5) is 26.4. The fourth-order valence-electron chi connectivity index (χ4n) is 9.81. The van der Waals surface area contributed by atoms with E-state index in [0.29, 0.717) is 48.2 Å². The molecule has 0 aromatic heterocycles. The summed E-state index contributed by atoms with van der Waals surface area (Å²) in [5.74, 6) is 3.22. The number of nitrogens with zero attached hydrogens (tertiary/aromatic N) is 1. The first-order chi connectivity index (χ1) is 20.3. The van der Waals surface area contributed by atoms with Crippen molar-refractivity contribution in [2.75, 3.05) is 13.6 Å².